The molecule has 112 valence electrons. The van der Waals surface area contributed by atoms with Gasteiger partial charge < -0.3 is 20.1 Å². The molecule has 0 bridgehead atoms. The van der Waals surface area contributed by atoms with Crippen LogP contribution in [0.15, 0.2) is 18.2 Å². The Morgan fingerprint density at radius 2 is 2.19 bits per heavy atom. The second kappa shape index (κ2) is 6.23. The van der Waals surface area contributed by atoms with Crippen molar-refractivity contribution in [3.63, 3.8) is 0 Å². The molecule has 1 aromatic rings. The fourth-order valence-corrected chi connectivity index (χ4v) is 2.98. The molecule has 1 saturated heterocycles. The number of amides is 2. The summed E-state index contributed by atoms with van der Waals surface area (Å²) in [6.45, 7) is 0.130. The average Bonchev–Trinajstić information content (AvgIpc) is 3.15. The third-order valence-corrected chi connectivity index (χ3v) is 4.05. The van der Waals surface area contributed by atoms with Gasteiger partial charge in [0, 0.05) is 23.4 Å². The Labute approximate surface area is 125 Å². The number of ether oxygens (including phenoxy) is 2. The van der Waals surface area contributed by atoms with E-state index in [4.69, 9.17) is 9.47 Å². The number of hydrogen-bond acceptors (Lipinski definition) is 6. The number of anilines is 1. The molecule has 0 aromatic heterocycles. The summed E-state index contributed by atoms with van der Waals surface area (Å²) in [7, 11) is 0. The highest BCUT2D eigenvalue weighted by Crippen LogP contribution is 2.34. The fraction of sp³-hybridized carbons (Fsp3) is 0.385. The Balaban J connectivity index is 1.48. The third-order valence-electron chi connectivity index (χ3n) is 3.11. The van der Waals surface area contributed by atoms with Crippen LogP contribution in [0, 0.1) is 0 Å². The molecule has 3 rings (SSSR count). The third kappa shape index (κ3) is 3.40. The maximum atomic E-state index is 11.8. The molecule has 1 atom stereocenters. The zero-order valence-electron chi connectivity index (χ0n) is 11.2. The summed E-state index contributed by atoms with van der Waals surface area (Å²) >= 11 is 1.66. The van der Waals surface area contributed by atoms with Crippen LogP contribution in [-0.2, 0) is 9.59 Å². The molecule has 21 heavy (non-hydrogen) atoms. The minimum absolute atomic E-state index is 0.0594. The maximum absolute atomic E-state index is 11.8. The lowest BCUT2D eigenvalue weighted by molar-refractivity contribution is -0.125. The summed E-state index contributed by atoms with van der Waals surface area (Å²) in [4.78, 5) is 23.6. The number of carbonyl (C=O) groups is 2. The molecule has 7 nitrogen and oxygen atoms in total. The van der Waals surface area contributed by atoms with Gasteiger partial charge in [-0.1, -0.05) is 0 Å². The number of rotatable bonds is 4. The van der Waals surface area contributed by atoms with Crippen LogP contribution in [0.5, 0.6) is 11.5 Å². The van der Waals surface area contributed by atoms with Crippen molar-refractivity contribution in [3.8, 4) is 11.5 Å². The summed E-state index contributed by atoms with van der Waals surface area (Å²) in [6, 6.07) is 4.93. The van der Waals surface area contributed by atoms with Crippen LogP contribution in [0.1, 0.15) is 0 Å². The van der Waals surface area contributed by atoms with Gasteiger partial charge in [-0.25, -0.2) is 0 Å². The van der Waals surface area contributed by atoms with Crippen molar-refractivity contribution in [3.05, 3.63) is 18.2 Å². The molecule has 0 saturated carbocycles. The van der Waals surface area contributed by atoms with Gasteiger partial charge in [0.15, 0.2) is 11.5 Å². The Morgan fingerprint density at radius 3 is 3.00 bits per heavy atom. The standard InChI is InChI=1S/C13H15N3O4S/c17-12(4-14-13(18)9-5-21-6-15-9)16-8-1-2-10-11(3-8)20-7-19-10/h1-3,9,15H,4-7H2,(H,14,18)(H,16,17). The Bertz CT molecular complexity index is 560. The lowest BCUT2D eigenvalue weighted by Crippen LogP contribution is -2.44. The smallest absolute Gasteiger partial charge is 0.243 e. The SMILES string of the molecule is O=C(CNC(=O)C1CSCN1)Nc1ccc2c(c1)OCO2. The van der Waals surface area contributed by atoms with E-state index in [1.807, 2.05) is 0 Å². The Morgan fingerprint density at radius 1 is 1.33 bits per heavy atom. The molecule has 2 amide bonds. The molecule has 1 unspecified atom stereocenters. The van der Waals surface area contributed by atoms with Gasteiger partial charge in [0.05, 0.1) is 12.6 Å². The molecule has 0 radical (unpaired) electrons. The quantitative estimate of drug-likeness (QED) is 0.733. The maximum Gasteiger partial charge on any atom is 0.243 e. The van der Waals surface area contributed by atoms with E-state index >= 15 is 0 Å². The van der Waals surface area contributed by atoms with E-state index in [2.05, 4.69) is 16.0 Å². The van der Waals surface area contributed by atoms with Crippen LogP contribution < -0.4 is 25.4 Å². The van der Waals surface area contributed by atoms with E-state index in [1.54, 1.807) is 30.0 Å². The second-order valence-corrected chi connectivity index (χ2v) is 5.64. The van der Waals surface area contributed by atoms with E-state index in [9.17, 15) is 9.59 Å². The van der Waals surface area contributed by atoms with Crippen molar-refractivity contribution in [1.82, 2.24) is 10.6 Å². The number of thioether (sulfide) groups is 1. The van der Waals surface area contributed by atoms with Crippen molar-refractivity contribution in [2.75, 3.05) is 30.3 Å². The van der Waals surface area contributed by atoms with Gasteiger partial charge >= 0.3 is 0 Å². The minimum atomic E-state index is -0.284. The molecule has 3 N–H and O–H groups in total. The highest BCUT2D eigenvalue weighted by atomic mass is 32.2. The first-order chi connectivity index (χ1) is 10.2. The molecule has 0 aliphatic carbocycles. The molecular formula is C13H15N3O4S. The van der Waals surface area contributed by atoms with E-state index in [0.717, 1.165) is 11.6 Å². The van der Waals surface area contributed by atoms with Crippen LogP contribution >= 0.6 is 11.8 Å². The van der Waals surface area contributed by atoms with Crippen molar-refractivity contribution in [2.24, 2.45) is 0 Å². The molecular weight excluding hydrogens is 294 g/mol. The van der Waals surface area contributed by atoms with Crippen molar-refractivity contribution < 1.29 is 19.1 Å². The Kier molecular flexibility index (Phi) is 4.16. The molecule has 2 aliphatic heterocycles. The highest BCUT2D eigenvalue weighted by molar-refractivity contribution is 7.99. The van der Waals surface area contributed by atoms with Gasteiger partial charge in [0.2, 0.25) is 18.6 Å². The van der Waals surface area contributed by atoms with Crippen LogP contribution in [-0.4, -0.2) is 42.8 Å². The molecule has 2 heterocycles. The zero-order chi connectivity index (χ0) is 14.7. The zero-order valence-corrected chi connectivity index (χ0v) is 12.0. The van der Waals surface area contributed by atoms with Crippen LogP contribution in [0.3, 0.4) is 0 Å². The summed E-state index contributed by atoms with van der Waals surface area (Å²) in [6.07, 6.45) is 0. The van der Waals surface area contributed by atoms with Gasteiger partial charge in [-0.05, 0) is 12.1 Å². The number of carbonyl (C=O) groups excluding carboxylic acids is 2. The molecule has 0 spiro atoms. The van der Waals surface area contributed by atoms with Crippen molar-refractivity contribution >= 4 is 29.3 Å². The van der Waals surface area contributed by atoms with Gasteiger partial charge in [-0.15, -0.1) is 11.8 Å². The normalized spacial score (nSPS) is 19.3. The lowest BCUT2D eigenvalue weighted by atomic mass is 10.2. The summed E-state index contributed by atoms with van der Waals surface area (Å²) in [5.41, 5.74) is 0.605. The minimum Gasteiger partial charge on any atom is -0.454 e. The van der Waals surface area contributed by atoms with Gasteiger partial charge in [-0.2, -0.15) is 0 Å². The van der Waals surface area contributed by atoms with Crippen LogP contribution in [0.4, 0.5) is 5.69 Å². The van der Waals surface area contributed by atoms with Gasteiger partial charge in [-0.3, -0.25) is 14.9 Å². The molecule has 1 aromatic carbocycles. The summed E-state index contributed by atoms with van der Waals surface area (Å²) in [5.74, 6) is 2.32. The highest BCUT2D eigenvalue weighted by Gasteiger charge is 2.22. The topological polar surface area (TPSA) is 88.7 Å². The number of fused-ring (bicyclic) bond motifs is 1. The number of nitrogens with one attached hydrogen (secondary N) is 3. The predicted octanol–water partition coefficient (Wildman–Crippen LogP) is 0.132. The Hall–Kier alpha value is -1.93. The first kappa shape index (κ1) is 14.0. The van der Waals surface area contributed by atoms with E-state index < -0.39 is 0 Å². The molecule has 8 heteroatoms. The lowest BCUT2D eigenvalue weighted by Gasteiger charge is -2.11. The van der Waals surface area contributed by atoms with Crippen molar-refractivity contribution in [2.45, 2.75) is 6.04 Å². The predicted molar refractivity (Wildman–Crippen MR) is 78.5 cm³/mol. The van der Waals surface area contributed by atoms with Gasteiger partial charge in [0.1, 0.15) is 0 Å². The average molecular weight is 309 g/mol. The van der Waals surface area contributed by atoms with E-state index in [0.29, 0.717) is 17.2 Å². The summed E-state index contributed by atoms with van der Waals surface area (Å²) < 4.78 is 10.4. The van der Waals surface area contributed by atoms with Gasteiger partial charge in [0.25, 0.3) is 0 Å². The van der Waals surface area contributed by atoms with Crippen LogP contribution in [0.25, 0.3) is 0 Å². The molecule has 2 aliphatic rings. The fourth-order valence-electron chi connectivity index (χ4n) is 2.03. The first-order valence-corrected chi connectivity index (χ1v) is 7.66. The monoisotopic (exact) mass is 309 g/mol. The first-order valence-electron chi connectivity index (χ1n) is 6.51. The largest absolute Gasteiger partial charge is 0.454 e. The van der Waals surface area contributed by atoms with Crippen LogP contribution in [0.2, 0.25) is 0 Å². The molecule has 1 fully saturated rings. The second-order valence-electron chi connectivity index (χ2n) is 4.61. The van der Waals surface area contributed by atoms with E-state index in [1.165, 1.54) is 0 Å². The summed E-state index contributed by atoms with van der Waals surface area (Å²) in [5, 5.41) is 8.36. The number of hydrogen-bond donors (Lipinski definition) is 3. The van der Waals surface area contributed by atoms with Crippen molar-refractivity contribution in [1.29, 1.82) is 0 Å². The number of benzene rings is 1. The van der Waals surface area contributed by atoms with E-state index in [-0.39, 0.29) is 31.2 Å².